The van der Waals surface area contributed by atoms with E-state index in [1.165, 1.54) is 24.4 Å². The van der Waals surface area contributed by atoms with E-state index in [4.69, 9.17) is 4.74 Å². The van der Waals surface area contributed by atoms with E-state index in [9.17, 15) is 4.79 Å². The molecule has 0 radical (unpaired) electrons. The summed E-state index contributed by atoms with van der Waals surface area (Å²) in [4.78, 5) is 15.5. The molecule has 2 heterocycles. The van der Waals surface area contributed by atoms with Gasteiger partial charge in [0.1, 0.15) is 0 Å². The Morgan fingerprint density at radius 1 is 1.41 bits per heavy atom. The molecule has 0 saturated heterocycles. The van der Waals surface area contributed by atoms with Crippen molar-refractivity contribution in [2.45, 2.75) is 32.0 Å². The predicted molar refractivity (Wildman–Crippen MR) is 80.8 cm³/mol. The molecule has 1 aromatic carbocycles. The highest BCUT2D eigenvalue weighted by Gasteiger charge is 2.38. The van der Waals surface area contributed by atoms with Gasteiger partial charge < -0.3 is 14.8 Å². The van der Waals surface area contributed by atoms with Gasteiger partial charge in [-0.3, -0.25) is 4.57 Å². The van der Waals surface area contributed by atoms with E-state index in [-0.39, 0.29) is 11.6 Å². The van der Waals surface area contributed by atoms with Gasteiger partial charge in [-0.05, 0) is 25.0 Å². The van der Waals surface area contributed by atoms with Gasteiger partial charge in [0.25, 0.3) is 0 Å². The third-order valence-corrected chi connectivity index (χ3v) is 4.03. The third-order valence-electron chi connectivity index (χ3n) is 4.03. The number of methoxy groups -OCH3 is 1. The fourth-order valence-corrected chi connectivity index (χ4v) is 2.96. The first kappa shape index (κ1) is 14.6. The van der Waals surface area contributed by atoms with Crippen LogP contribution in [0.1, 0.15) is 31.0 Å². The number of carbonyl (C=O) groups is 1. The second kappa shape index (κ2) is 5.46. The molecule has 0 spiro atoms. The molecule has 6 heteroatoms. The maximum absolute atomic E-state index is 11.4. The fourth-order valence-electron chi connectivity index (χ4n) is 2.96. The summed E-state index contributed by atoms with van der Waals surface area (Å²) in [5.74, 6) is 0.364. The van der Waals surface area contributed by atoms with Gasteiger partial charge >= 0.3 is 6.16 Å². The van der Waals surface area contributed by atoms with Gasteiger partial charge in [-0.25, -0.2) is 9.78 Å². The van der Waals surface area contributed by atoms with Crippen molar-refractivity contribution in [2.24, 2.45) is 0 Å². The molecule has 1 aliphatic rings. The van der Waals surface area contributed by atoms with Crippen molar-refractivity contribution < 1.29 is 14.3 Å². The number of ether oxygens (including phenoxy) is 2. The number of aromatic nitrogens is 2. The monoisotopic (exact) mass is 301 g/mol. The summed E-state index contributed by atoms with van der Waals surface area (Å²) in [6.07, 6.45) is 2.44. The van der Waals surface area contributed by atoms with E-state index >= 15 is 0 Å². The van der Waals surface area contributed by atoms with Crippen LogP contribution in [0.3, 0.4) is 0 Å². The second-order valence-corrected chi connectivity index (χ2v) is 5.87. The lowest BCUT2D eigenvalue weighted by Crippen LogP contribution is -2.50. The van der Waals surface area contributed by atoms with Crippen LogP contribution < -0.4 is 10.1 Å². The first-order valence-electron chi connectivity index (χ1n) is 7.13. The molecule has 1 unspecified atom stereocenters. The summed E-state index contributed by atoms with van der Waals surface area (Å²) in [6, 6.07) is 8.20. The fraction of sp³-hybridized carbons (Fsp3) is 0.375. The van der Waals surface area contributed by atoms with E-state index in [1.807, 2.05) is 16.7 Å². The maximum atomic E-state index is 11.4. The number of nitrogens with one attached hydrogen (secondary N) is 1. The van der Waals surface area contributed by atoms with E-state index in [0.717, 1.165) is 6.54 Å². The quantitative estimate of drug-likeness (QED) is 0.863. The van der Waals surface area contributed by atoms with Crippen molar-refractivity contribution in [3.8, 4) is 5.88 Å². The van der Waals surface area contributed by atoms with Gasteiger partial charge in [-0.1, -0.05) is 24.3 Å². The summed E-state index contributed by atoms with van der Waals surface area (Å²) in [7, 11) is 1.28. The van der Waals surface area contributed by atoms with Crippen LogP contribution in [0, 0.1) is 0 Å². The maximum Gasteiger partial charge on any atom is 0.514 e. The number of hydrogen-bond acceptors (Lipinski definition) is 5. The molecule has 22 heavy (non-hydrogen) atoms. The molecular weight excluding hydrogens is 282 g/mol. The minimum Gasteiger partial charge on any atom is -0.437 e. The smallest absolute Gasteiger partial charge is 0.437 e. The van der Waals surface area contributed by atoms with Crippen LogP contribution in [0.2, 0.25) is 0 Å². The molecule has 2 aromatic rings. The van der Waals surface area contributed by atoms with E-state index < -0.39 is 6.16 Å². The number of imidazole rings is 1. The van der Waals surface area contributed by atoms with E-state index in [2.05, 4.69) is 41.0 Å². The largest absolute Gasteiger partial charge is 0.514 e. The van der Waals surface area contributed by atoms with Gasteiger partial charge in [0.15, 0.2) is 0 Å². The average molecular weight is 301 g/mol. The Morgan fingerprint density at radius 3 is 2.95 bits per heavy atom. The van der Waals surface area contributed by atoms with Crippen LogP contribution in [0.25, 0.3) is 0 Å². The Bertz CT molecular complexity index is 693. The lowest BCUT2D eigenvalue weighted by Gasteiger charge is -2.41. The van der Waals surface area contributed by atoms with Gasteiger partial charge in [0, 0.05) is 12.1 Å². The first-order valence-corrected chi connectivity index (χ1v) is 7.13. The zero-order chi connectivity index (χ0) is 15.7. The summed E-state index contributed by atoms with van der Waals surface area (Å²) < 4.78 is 11.6. The molecule has 6 nitrogen and oxygen atoms in total. The molecule has 1 atom stereocenters. The second-order valence-electron chi connectivity index (χ2n) is 5.87. The molecule has 0 amide bonds. The van der Waals surface area contributed by atoms with Crippen molar-refractivity contribution in [1.82, 2.24) is 14.9 Å². The Labute approximate surface area is 129 Å². The summed E-state index contributed by atoms with van der Waals surface area (Å²) in [5.41, 5.74) is 2.20. The Kier molecular flexibility index (Phi) is 3.62. The lowest BCUT2D eigenvalue weighted by atomic mass is 9.82. The molecule has 3 rings (SSSR count). The van der Waals surface area contributed by atoms with Crippen LogP contribution in [-0.4, -0.2) is 28.4 Å². The van der Waals surface area contributed by atoms with E-state index in [1.54, 1.807) is 6.33 Å². The minimum absolute atomic E-state index is 0.0420. The normalized spacial score (nSPS) is 19.3. The van der Waals surface area contributed by atoms with Crippen molar-refractivity contribution in [3.05, 3.63) is 47.9 Å². The highest BCUT2D eigenvalue weighted by molar-refractivity contribution is 5.62. The Hall–Kier alpha value is -2.34. The molecule has 1 aromatic heterocycles. The van der Waals surface area contributed by atoms with Gasteiger partial charge in [0.2, 0.25) is 5.88 Å². The lowest BCUT2D eigenvalue weighted by molar-refractivity contribution is 0.115. The van der Waals surface area contributed by atoms with Gasteiger partial charge in [0.05, 0.1) is 25.7 Å². The van der Waals surface area contributed by atoms with Crippen LogP contribution >= 0.6 is 0 Å². The number of rotatable bonds is 2. The van der Waals surface area contributed by atoms with Gasteiger partial charge in [-0.2, -0.15) is 0 Å². The minimum atomic E-state index is -0.753. The van der Waals surface area contributed by atoms with Crippen molar-refractivity contribution in [2.75, 3.05) is 7.11 Å². The Balaban J connectivity index is 2.06. The van der Waals surface area contributed by atoms with Crippen molar-refractivity contribution >= 4 is 6.16 Å². The van der Waals surface area contributed by atoms with Crippen molar-refractivity contribution in [3.63, 3.8) is 0 Å². The highest BCUT2D eigenvalue weighted by Crippen LogP contribution is 2.38. The molecule has 0 aliphatic carbocycles. The SMILES string of the molecule is COC(=O)Oc1cncn1C1c2ccccc2CNC1(C)C. The molecule has 0 saturated carbocycles. The third kappa shape index (κ3) is 2.46. The Morgan fingerprint density at radius 2 is 2.18 bits per heavy atom. The first-order chi connectivity index (χ1) is 10.5. The summed E-state index contributed by atoms with van der Waals surface area (Å²) in [6.45, 7) is 5.05. The van der Waals surface area contributed by atoms with Crippen LogP contribution in [-0.2, 0) is 11.3 Å². The number of benzene rings is 1. The summed E-state index contributed by atoms with van der Waals surface area (Å²) >= 11 is 0. The zero-order valence-corrected chi connectivity index (χ0v) is 12.9. The molecule has 1 N–H and O–H groups in total. The topological polar surface area (TPSA) is 65.4 Å². The number of carbonyl (C=O) groups excluding carboxylic acids is 1. The van der Waals surface area contributed by atoms with Gasteiger partial charge in [-0.15, -0.1) is 0 Å². The van der Waals surface area contributed by atoms with Crippen LogP contribution in [0.5, 0.6) is 5.88 Å². The molecule has 0 fully saturated rings. The molecule has 116 valence electrons. The van der Waals surface area contributed by atoms with Crippen LogP contribution in [0.4, 0.5) is 4.79 Å². The molecular formula is C16H19N3O3. The molecule has 0 bridgehead atoms. The molecule has 1 aliphatic heterocycles. The average Bonchev–Trinajstić information content (AvgIpc) is 2.94. The highest BCUT2D eigenvalue weighted by atomic mass is 16.7. The van der Waals surface area contributed by atoms with E-state index in [0.29, 0.717) is 5.88 Å². The number of hydrogen-bond donors (Lipinski definition) is 1. The predicted octanol–water partition coefficient (Wildman–Crippen LogP) is 2.50. The van der Waals surface area contributed by atoms with Crippen molar-refractivity contribution in [1.29, 1.82) is 0 Å². The zero-order valence-electron chi connectivity index (χ0n) is 12.9. The van der Waals surface area contributed by atoms with Crippen LogP contribution in [0.15, 0.2) is 36.8 Å². The summed E-state index contributed by atoms with van der Waals surface area (Å²) in [5, 5.41) is 3.53. The number of fused-ring (bicyclic) bond motifs is 1. The number of nitrogens with zero attached hydrogens (tertiary/aromatic N) is 2. The standard InChI is InChI=1S/C16H19N3O3/c1-16(2)14(12-7-5-4-6-11(12)8-18-16)19-10-17-9-13(19)22-15(20)21-3/h4-7,9-10,14,18H,8H2,1-3H3.